The number of aliphatic hydroxyl groups excluding tert-OH is 1. The quantitative estimate of drug-likeness (QED) is 0.616. The maximum absolute atomic E-state index is 13.5. The third-order valence-corrected chi connectivity index (χ3v) is 5.90. The molecule has 0 aromatic heterocycles. The Bertz CT molecular complexity index is 938. The molecular formula is C25H32ClFN2O4. The van der Waals surface area contributed by atoms with Gasteiger partial charge in [0.05, 0.1) is 17.1 Å². The lowest BCUT2D eigenvalue weighted by molar-refractivity contribution is 0.0132. The van der Waals surface area contributed by atoms with E-state index in [2.05, 4.69) is 17.4 Å². The van der Waals surface area contributed by atoms with Crippen LogP contribution in [0.5, 0.6) is 5.75 Å². The molecule has 180 valence electrons. The standard InChI is InChI=1S/C25H32ClFN2O4/c1-25(2,3)33-24(31)28-20-15-21(32-17-10-11-19(27)18(26)14-17)23(30)22(20)29(4)13-12-16-8-6-5-7-9-16/h5-11,14,20-23,30H,12-13,15H2,1-4H3,(H,28,31)/t20-,21-,22+,23+/m1/s1. The molecule has 0 radical (unpaired) electrons. The highest BCUT2D eigenvalue weighted by atomic mass is 35.5. The molecular weight excluding hydrogens is 447 g/mol. The van der Waals surface area contributed by atoms with Crippen molar-refractivity contribution in [2.24, 2.45) is 0 Å². The predicted molar refractivity (Wildman–Crippen MR) is 126 cm³/mol. The molecule has 0 aliphatic heterocycles. The lowest BCUT2D eigenvalue weighted by Gasteiger charge is -2.32. The maximum Gasteiger partial charge on any atom is 0.407 e. The zero-order valence-electron chi connectivity index (χ0n) is 19.4. The normalized spacial score (nSPS) is 22.9. The molecule has 33 heavy (non-hydrogen) atoms. The van der Waals surface area contributed by atoms with Gasteiger partial charge in [-0.15, -0.1) is 0 Å². The van der Waals surface area contributed by atoms with Gasteiger partial charge >= 0.3 is 6.09 Å². The summed E-state index contributed by atoms with van der Waals surface area (Å²) in [5, 5.41) is 14.0. The van der Waals surface area contributed by atoms with E-state index in [9.17, 15) is 14.3 Å². The van der Waals surface area contributed by atoms with E-state index in [1.807, 2.05) is 30.1 Å². The fourth-order valence-corrected chi connectivity index (χ4v) is 4.27. The van der Waals surface area contributed by atoms with Crippen molar-refractivity contribution in [2.45, 2.75) is 63.5 Å². The van der Waals surface area contributed by atoms with Crippen LogP contribution in [0.4, 0.5) is 9.18 Å². The number of carbonyl (C=O) groups excluding carboxylic acids is 1. The van der Waals surface area contributed by atoms with Gasteiger partial charge < -0.3 is 19.9 Å². The van der Waals surface area contributed by atoms with Gasteiger partial charge in [-0.3, -0.25) is 4.90 Å². The van der Waals surface area contributed by atoms with Gasteiger partial charge in [-0.1, -0.05) is 41.9 Å². The second-order valence-corrected chi connectivity index (χ2v) is 9.83. The van der Waals surface area contributed by atoms with Crippen LogP contribution in [0, 0.1) is 5.82 Å². The van der Waals surface area contributed by atoms with Crippen LogP contribution in [-0.2, 0) is 11.2 Å². The summed E-state index contributed by atoms with van der Waals surface area (Å²) < 4.78 is 24.9. The Morgan fingerprint density at radius 1 is 1.24 bits per heavy atom. The highest BCUT2D eigenvalue weighted by molar-refractivity contribution is 6.30. The Morgan fingerprint density at radius 3 is 2.58 bits per heavy atom. The molecule has 1 fully saturated rings. The van der Waals surface area contributed by atoms with E-state index >= 15 is 0 Å². The van der Waals surface area contributed by atoms with Crippen LogP contribution in [0.3, 0.4) is 0 Å². The minimum Gasteiger partial charge on any atom is -0.488 e. The molecule has 3 rings (SSSR count). The summed E-state index contributed by atoms with van der Waals surface area (Å²) in [6, 6.07) is 13.3. The molecule has 1 aliphatic carbocycles. The van der Waals surface area contributed by atoms with Crippen LogP contribution in [0.1, 0.15) is 32.8 Å². The smallest absolute Gasteiger partial charge is 0.407 e. The van der Waals surface area contributed by atoms with Crippen molar-refractivity contribution < 1.29 is 23.8 Å². The van der Waals surface area contributed by atoms with Crippen molar-refractivity contribution in [2.75, 3.05) is 13.6 Å². The Labute approximate surface area is 199 Å². The minimum atomic E-state index is -0.894. The zero-order chi connectivity index (χ0) is 24.2. The first-order valence-electron chi connectivity index (χ1n) is 11.1. The van der Waals surface area contributed by atoms with Crippen molar-refractivity contribution in [1.29, 1.82) is 0 Å². The Morgan fingerprint density at radius 2 is 1.94 bits per heavy atom. The number of likely N-dealkylation sites (N-methyl/N-ethyl adjacent to an activating group) is 1. The number of hydrogen-bond acceptors (Lipinski definition) is 5. The molecule has 2 N–H and O–H groups in total. The van der Waals surface area contributed by atoms with Gasteiger partial charge in [0.15, 0.2) is 0 Å². The van der Waals surface area contributed by atoms with Crippen molar-refractivity contribution in [3.63, 3.8) is 0 Å². The number of aliphatic hydroxyl groups is 1. The number of ether oxygens (including phenoxy) is 2. The molecule has 0 bridgehead atoms. The Balaban J connectivity index is 1.74. The van der Waals surface area contributed by atoms with Crippen LogP contribution < -0.4 is 10.1 Å². The third-order valence-electron chi connectivity index (χ3n) is 5.61. The van der Waals surface area contributed by atoms with Gasteiger partial charge in [0.2, 0.25) is 0 Å². The number of alkyl carbamates (subject to hydrolysis) is 1. The van der Waals surface area contributed by atoms with E-state index in [1.54, 1.807) is 20.8 Å². The van der Waals surface area contributed by atoms with Crippen LogP contribution in [0.2, 0.25) is 5.02 Å². The molecule has 0 spiro atoms. The molecule has 2 aromatic carbocycles. The molecule has 0 unspecified atom stereocenters. The lowest BCUT2D eigenvalue weighted by Crippen LogP contribution is -2.53. The number of amides is 1. The third kappa shape index (κ3) is 7.06. The summed E-state index contributed by atoms with van der Waals surface area (Å²) in [5.74, 6) is -0.187. The summed E-state index contributed by atoms with van der Waals surface area (Å²) in [6.07, 6.45) is -0.911. The van der Waals surface area contributed by atoms with Crippen molar-refractivity contribution in [1.82, 2.24) is 10.2 Å². The molecule has 1 aliphatic rings. The minimum absolute atomic E-state index is 0.0556. The molecule has 1 saturated carbocycles. The van der Waals surface area contributed by atoms with Crippen molar-refractivity contribution in [3.8, 4) is 5.75 Å². The lowest BCUT2D eigenvalue weighted by atomic mass is 10.1. The number of nitrogens with one attached hydrogen (secondary N) is 1. The maximum atomic E-state index is 13.5. The van der Waals surface area contributed by atoms with Gasteiger partial charge in [0, 0.05) is 19.0 Å². The monoisotopic (exact) mass is 478 g/mol. The molecule has 0 saturated heterocycles. The van der Waals surface area contributed by atoms with Gasteiger partial charge in [-0.25, -0.2) is 9.18 Å². The number of carbonyl (C=O) groups is 1. The van der Waals surface area contributed by atoms with E-state index in [0.717, 1.165) is 6.42 Å². The van der Waals surface area contributed by atoms with E-state index in [0.29, 0.717) is 18.7 Å². The number of halogens is 2. The first kappa shape index (κ1) is 25.3. The average molecular weight is 479 g/mol. The first-order chi connectivity index (χ1) is 15.5. The highest BCUT2D eigenvalue weighted by Crippen LogP contribution is 2.31. The number of nitrogens with zero attached hydrogens (tertiary/aromatic N) is 1. The van der Waals surface area contributed by atoms with Crippen molar-refractivity contribution >= 4 is 17.7 Å². The molecule has 0 heterocycles. The Kier molecular flexibility index (Phi) is 8.21. The van der Waals surface area contributed by atoms with E-state index in [-0.39, 0.29) is 5.02 Å². The first-order valence-corrected chi connectivity index (χ1v) is 11.4. The topological polar surface area (TPSA) is 71.0 Å². The summed E-state index contributed by atoms with van der Waals surface area (Å²) in [4.78, 5) is 14.5. The van der Waals surface area contributed by atoms with Crippen molar-refractivity contribution in [3.05, 3.63) is 64.9 Å². The van der Waals surface area contributed by atoms with E-state index in [1.165, 1.54) is 23.8 Å². The van der Waals surface area contributed by atoms with Crippen LogP contribution in [-0.4, -0.2) is 59.6 Å². The van der Waals surface area contributed by atoms with Gasteiger partial charge in [-0.05, 0) is 51.9 Å². The van der Waals surface area contributed by atoms with E-state index < -0.39 is 41.8 Å². The molecule has 2 aromatic rings. The predicted octanol–water partition coefficient (Wildman–Crippen LogP) is 4.43. The van der Waals surface area contributed by atoms with Gasteiger partial charge in [-0.2, -0.15) is 0 Å². The Hall–Kier alpha value is -2.35. The van der Waals surface area contributed by atoms with Crippen LogP contribution in [0.25, 0.3) is 0 Å². The fraction of sp³-hybridized carbons (Fsp3) is 0.480. The summed E-state index contributed by atoms with van der Waals surface area (Å²) in [5.41, 5.74) is 0.541. The second kappa shape index (κ2) is 10.7. The van der Waals surface area contributed by atoms with E-state index in [4.69, 9.17) is 21.1 Å². The molecule has 1 amide bonds. The zero-order valence-corrected chi connectivity index (χ0v) is 20.2. The van der Waals surface area contributed by atoms with Gasteiger partial charge in [0.25, 0.3) is 0 Å². The van der Waals surface area contributed by atoms with Crippen LogP contribution >= 0.6 is 11.6 Å². The number of benzene rings is 2. The number of hydrogen-bond donors (Lipinski definition) is 2. The summed E-state index contributed by atoms with van der Waals surface area (Å²) in [6.45, 7) is 6.06. The summed E-state index contributed by atoms with van der Waals surface area (Å²) in [7, 11) is 1.91. The number of rotatable bonds is 7. The average Bonchev–Trinajstić information content (AvgIpc) is 3.03. The molecule has 4 atom stereocenters. The largest absolute Gasteiger partial charge is 0.488 e. The molecule has 8 heteroatoms. The summed E-state index contributed by atoms with van der Waals surface area (Å²) >= 11 is 5.87. The fourth-order valence-electron chi connectivity index (χ4n) is 4.10. The highest BCUT2D eigenvalue weighted by Gasteiger charge is 2.47. The van der Waals surface area contributed by atoms with Gasteiger partial charge in [0.1, 0.15) is 29.4 Å². The SMILES string of the molecule is CN(CCc1ccccc1)[C@@H]1[C@@H](O)[C@H](Oc2ccc(F)c(Cl)c2)C[C@H]1NC(=O)OC(C)(C)C. The molecule has 6 nitrogen and oxygen atoms in total. The second-order valence-electron chi connectivity index (χ2n) is 9.42. The van der Waals surface area contributed by atoms with Crippen LogP contribution in [0.15, 0.2) is 48.5 Å².